The van der Waals surface area contributed by atoms with Gasteiger partial charge in [-0.2, -0.15) is 13.2 Å². The summed E-state index contributed by atoms with van der Waals surface area (Å²) in [6.45, 7) is -0.862. The molecule has 2 amide bonds. The quantitative estimate of drug-likeness (QED) is 0.414. The molecule has 1 aliphatic heterocycles. The third-order valence-electron chi connectivity index (χ3n) is 4.98. The fraction of sp³-hybridized carbons (Fsp3) is 0.136. The molecule has 33 heavy (non-hydrogen) atoms. The van der Waals surface area contributed by atoms with E-state index in [0.29, 0.717) is 39.2 Å². The van der Waals surface area contributed by atoms with Gasteiger partial charge in [0.05, 0.1) is 10.5 Å². The van der Waals surface area contributed by atoms with E-state index in [1.807, 2.05) is 0 Å². The normalized spacial score (nSPS) is 15.8. The van der Waals surface area contributed by atoms with Crippen LogP contribution in [0, 0.1) is 5.82 Å². The summed E-state index contributed by atoms with van der Waals surface area (Å²) in [5, 5.41) is 8.82. The molecule has 1 aromatic heterocycles. The number of imide groups is 1. The van der Waals surface area contributed by atoms with Crippen molar-refractivity contribution in [3.05, 3.63) is 76.1 Å². The van der Waals surface area contributed by atoms with E-state index in [1.165, 1.54) is 6.08 Å². The number of amides is 2. The predicted octanol–water partition coefficient (Wildman–Crippen LogP) is 4.97. The first-order valence-corrected chi connectivity index (χ1v) is 10.3. The maximum Gasteiger partial charge on any atom is 0.416 e. The number of carboxylic acids is 1. The molecule has 2 heterocycles. The summed E-state index contributed by atoms with van der Waals surface area (Å²) < 4.78 is 54.9. The highest BCUT2D eigenvalue weighted by atomic mass is 32.2. The van der Waals surface area contributed by atoms with Gasteiger partial charge >= 0.3 is 12.1 Å². The third-order valence-corrected chi connectivity index (χ3v) is 5.89. The van der Waals surface area contributed by atoms with E-state index in [4.69, 9.17) is 5.11 Å². The summed E-state index contributed by atoms with van der Waals surface area (Å²) in [5.41, 5.74) is 0.0399. The molecule has 0 radical (unpaired) electrons. The van der Waals surface area contributed by atoms with Crippen molar-refractivity contribution < 1.29 is 37.1 Å². The minimum Gasteiger partial charge on any atom is -0.480 e. The average Bonchev–Trinajstić information content (AvgIpc) is 3.24. The number of hydrogen-bond acceptors (Lipinski definition) is 4. The maximum absolute atomic E-state index is 13.4. The Morgan fingerprint density at radius 3 is 2.55 bits per heavy atom. The molecule has 0 spiro atoms. The molecule has 0 saturated carbocycles. The standard InChI is InChI=1S/C22H14F4N2O4S/c23-15-3-2-14(16(9-15)22(24,25)26)10-27-6-5-13-7-12(1-4-17(13)27)8-18-20(31)28(11-19(29)30)21(32)33-18/h1-9H,10-11H2,(H,29,30)/b18-8-. The first-order chi connectivity index (χ1) is 15.5. The minimum absolute atomic E-state index is 0.0705. The molecule has 6 nitrogen and oxygen atoms in total. The number of fused-ring (bicyclic) bond motifs is 1. The molecular weight excluding hydrogens is 464 g/mol. The molecule has 1 saturated heterocycles. The Labute approximate surface area is 188 Å². The van der Waals surface area contributed by atoms with Crippen molar-refractivity contribution in [1.29, 1.82) is 0 Å². The maximum atomic E-state index is 13.4. The van der Waals surface area contributed by atoms with E-state index in [2.05, 4.69) is 0 Å². The van der Waals surface area contributed by atoms with Crippen LogP contribution in [0.4, 0.5) is 22.4 Å². The van der Waals surface area contributed by atoms with Crippen LogP contribution in [0.2, 0.25) is 0 Å². The molecule has 0 bridgehead atoms. The predicted molar refractivity (Wildman–Crippen MR) is 113 cm³/mol. The van der Waals surface area contributed by atoms with Gasteiger partial charge in [0.1, 0.15) is 12.4 Å². The Morgan fingerprint density at radius 2 is 1.85 bits per heavy atom. The Balaban J connectivity index is 1.62. The highest BCUT2D eigenvalue weighted by Gasteiger charge is 2.36. The van der Waals surface area contributed by atoms with Crippen LogP contribution in [0.5, 0.6) is 0 Å². The highest BCUT2D eigenvalue weighted by Crippen LogP contribution is 2.34. The van der Waals surface area contributed by atoms with Gasteiger partial charge in [0.15, 0.2) is 0 Å². The molecular formula is C22H14F4N2O4S. The largest absolute Gasteiger partial charge is 0.480 e. The lowest BCUT2D eigenvalue weighted by Gasteiger charge is -2.14. The number of carbonyl (C=O) groups is 3. The van der Waals surface area contributed by atoms with Crippen LogP contribution in [0.25, 0.3) is 17.0 Å². The van der Waals surface area contributed by atoms with Crippen LogP contribution in [0.3, 0.4) is 0 Å². The van der Waals surface area contributed by atoms with Gasteiger partial charge in [-0.15, -0.1) is 0 Å². The minimum atomic E-state index is -4.70. The van der Waals surface area contributed by atoms with Crippen molar-refractivity contribution in [3.8, 4) is 0 Å². The van der Waals surface area contributed by atoms with Gasteiger partial charge in [0.25, 0.3) is 11.1 Å². The Kier molecular flexibility index (Phi) is 5.75. The smallest absolute Gasteiger partial charge is 0.416 e. The molecule has 170 valence electrons. The fourth-order valence-electron chi connectivity index (χ4n) is 3.50. The van der Waals surface area contributed by atoms with E-state index in [-0.39, 0.29) is 17.0 Å². The van der Waals surface area contributed by atoms with Crippen LogP contribution in [0.1, 0.15) is 16.7 Å². The first kappa shape index (κ1) is 22.6. The topological polar surface area (TPSA) is 79.6 Å². The second-order valence-corrected chi connectivity index (χ2v) is 8.22. The summed E-state index contributed by atoms with van der Waals surface area (Å²) in [6, 6.07) is 9.19. The average molecular weight is 478 g/mol. The Hall–Kier alpha value is -3.60. The van der Waals surface area contributed by atoms with Crippen LogP contribution in [-0.4, -0.2) is 38.2 Å². The molecule has 1 fully saturated rings. The number of halogens is 4. The van der Waals surface area contributed by atoms with Crippen LogP contribution in [0.15, 0.2) is 53.6 Å². The van der Waals surface area contributed by atoms with Gasteiger partial charge in [0, 0.05) is 23.6 Å². The molecule has 0 aliphatic carbocycles. The van der Waals surface area contributed by atoms with Crippen molar-refractivity contribution in [2.75, 3.05) is 6.54 Å². The molecule has 1 aliphatic rings. The zero-order valence-corrected chi connectivity index (χ0v) is 17.4. The number of aliphatic carboxylic acids is 1. The van der Waals surface area contributed by atoms with Gasteiger partial charge < -0.3 is 9.67 Å². The van der Waals surface area contributed by atoms with E-state index >= 15 is 0 Å². The van der Waals surface area contributed by atoms with Gasteiger partial charge in [-0.05, 0) is 59.3 Å². The van der Waals surface area contributed by atoms with E-state index in [0.717, 1.165) is 12.1 Å². The Bertz CT molecular complexity index is 1330. The van der Waals surface area contributed by atoms with Crippen molar-refractivity contribution >= 4 is 45.9 Å². The number of hydrogen-bond donors (Lipinski definition) is 1. The number of carboxylic acid groups (broad SMARTS) is 1. The number of nitrogens with zero attached hydrogens (tertiary/aromatic N) is 2. The number of aromatic nitrogens is 1. The first-order valence-electron chi connectivity index (χ1n) is 9.44. The lowest BCUT2D eigenvalue weighted by molar-refractivity contribution is -0.140. The summed E-state index contributed by atoms with van der Waals surface area (Å²) in [4.78, 5) is 35.7. The lowest BCUT2D eigenvalue weighted by atomic mass is 10.1. The number of alkyl halides is 3. The molecule has 2 aromatic carbocycles. The monoisotopic (exact) mass is 478 g/mol. The van der Waals surface area contributed by atoms with Gasteiger partial charge in [-0.25, -0.2) is 4.39 Å². The zero-order valence-electron chi connectivity index (χ0n) is 16.6. The van der Waals surface area contributed by atoms with Crippen LogP contribution >= 0.6 is 11.8 Å². The van der Waals surface area contributed by atoms with Crippen molar-refractivity contribution in [1.82, 2.24) is 9.47 Å². The Morgan fingerprint density at radius 1 is 1.09 bits per heavy atom. The van der Waals surface area contributed by atoms with Crippen LogP contribution in [-0.2, 0) is 22.3 Å². The SMILES string of the molecule is O=C(O)CN1C(=O)S/C(=C\c2ccc3c(ccn3Cc3ccc(F)cc3C(F)(F)F)c2)C1=O. The second kappa shape index (κ2) is 8.39. The van der Waals surface area contributed by atoms with Gasteiger partial charge in [-0.1, -0.05) is 12.1 Å². The molecule has 1 N–H and O–H groups in total. The zero-order chi connectivity index (χ0) is 23.9. The van der Waals surface area contributed by atoms with Crippen molar-refractivity contribution in [2.45, 2.75) is 12.7 Å². The number of thioether (sulfide) groups is 1. The summed E-state index contributed by atoms with van der Waals surface area (Å²) in [5.74, 6) is -2.99. The van der Waals surface area contributed by atoms with Crippen molar-refractivity contribution in [3.63, 3.8) is 0 Å². The van der Waals surface area contributed by atoms with E-state index in [9.17, 15) is 31.9 Å². The highest BCUT2D eigenvalue weighted by molar-refractivity contribution is 8.18. The molecule has 0 unspecified atom stereocenters. The third kappa shape index (κ3) is 4.63. The second-order valence-electron chi connectivity index (χ2n) is 7.22. The number of benzene rings is 2. The number of carbonyl (C=O) groups excluding carboxylic acids is 2. The van der Waals surface area contributed by atoms with Gasteiger partial charge in [0.2, 0.25) is 0 Å². The van der Waals surface area contributed by atoms with E-state index in [1.54, 1.807) is 35.0 Å². The summed E-state index contributed by atoms with van der Waals surface area (Å²) in [6.07, 6.45) is -1.65. The van der Waals surface area contributed by atoms with E-state index < -0.39 is 41.2 Å². The number of rotatable bonds is 5. The molecule has 4 rings (SSSR count). The molecule has 11 heteroatoms. The van der Waals surface area contributed by atoms with Gasteiger partial charge in [-0.3, -0.25) is 19.3 Å². The molecule has 0 atom stereocenters. The summed E-state index contributed by atoms with van der Waals surface area (Å²) in [7, 11) is 0. The van der Waals surface area contributed by atoms with Crippen molar-refractivity contribution in [2.24, 2.45) is 0 Å². The lowest BCUT2D eigenvalue weighted by Crippen LogP contribution is -2.33. The fourth-order valence-corrected chi connectivity index (χ4v) is 4.34. The van der Waals surface area contributed by atoms with Crippen LogP contribution < -0.4 is 0 Å². The molecule has 3 aromatic rings. The summed E-state index contributed by atoms with van der Waals surface area (Å²) >= 11 is 0.629.